The van der Waals surface area contributed by atoms with E-state index < -0.39 is 11.4 Å². The Kier molecular flexibility index (Phi) is 5.08. The van der Waals surface area contributed by atoms with Crippen LogP contribution in [0.2, 0.25) is 0 Å². The van der Waals surface area contributed by atoms with Crippen LogP contribution in [0.15, 0.2) is 53.7 Å². The van der Waals surface area contributed by atoms with Crippen molar-refractivity contribution in [3.63, 3.8) is 0 Å². The standard InChI is InChI=1S/C25H23NO3S/c1-4-18(16-10-13-30-14-16)21-19(5-2)20(24(28)29)22(27)23(26-21)25(11-12-25)17-8-6-15(3)7-9-17/h4-10,13-14,27H,2,11-12H2,1,3H3,(H,28,29)/b18-4-. The number of aromatic carboxylic acids is 1. The van der Waals surface area contributed by atoms with Gasteiger partial charge in [0.2, 0.25) is 0 Å². The second-order valence-electron chi connectivity index (χ2n) is 7.62. The largest absolute Gasteiger partial charge is 0.505 e. The third-order valence-electron chi connectivity index (χ3n) is 5.81. The summed E-state index contributed by atoms with van der Waals surface area (Å²) < 4.78 is 0. The summed E-state index contributed by atoms with van der Waals surface area (Å²) in [6.07, 6.45) is 5.02. The van der Waals surface area contributed by atoms with Gasteiger partial charge in [-0.15, -0.1) is 0 Å². The summed E-state index contributed by atoms with van der Waals surface area (Å²) in [5, 5.41) is 25.0. The normalized spacial score (nSPS) is 15.1. The number of hydrogen-bond donors (Lipinski definition) is 2. The van der Waals surface area contributed by atoms with Crippen molar-refractivity contribution in [3.05, 3.63) is 93.0 Å². The zero-order valence-corrected chi connectivity index (χ0v) is 17.8. The number of benzene rings is 1. The second-order valence-corrected chi connectivity index (χ2v) is 8.40. The molecule has 5 heteroatoms. The molecule has 0 bridgehead atoms. The van der Waals surface area contributed by atoms with Crippen LogP contribution in [0.5, 0.6) is 5.75 Å². The molecule has 2 aromatic heterocycles. The summed E-state index contributed by atoms with van der Waals surface area (Å²) in [5.74, 6) is -1.45. The molecule has 30 heavy (non-hydrogen) atoms. The molecule has 4 rings (SSSR count). The lowest BCUT2D eigenvalue weighted by Crippen LogP contribution is -2.17. The molecule has 2 heterocycles. The number of pyridine rings is 1. The number of aromatic hydroxyl groups is 1. The highest BCUT2D eigenvalue weighted by Crippen LogP contribution is 2.56. The van der Waals surface area contributed by atoms with Crippen molar-refractivity contribution >= 4 is 29.0 Å². The Morgan fingerprint density at radius 2 is 1.93 bits per heavy atom. The number of nitrogens with zero attached hydrogens (tertiary/aromatic N) is 1. The Morgan fingerprint density at radius 3 is 2.43 bits per heavy atom. The van der Waals surface area contributed by atoms with E-state index in [9.17, 15) is 15.0 Å². The van der Waals surface area contributed by atoms with Crippen molar-refractivity contribution < 1.29 is 15.0 Å². The molecule has 1 saturated carbocycles. The quantitative estimate of drug-likeness (QED) is 0.514. The van der Waals surface area contributed by atoms with Gasteiger partial charge in [0.1, 0.15) is 5.56 Å². The number of aryl methyl sites for hydroxylation is 1. The molecule has 4 nitrogen and oxygen atoms in total. The van der Waals surface area contributed by atoms with Gasteiger partial charge in [0, 0.05) is 16.6 Å². The van der Waals surface area contributed by atoms with E-state index in [4.69, 9.17) is 4.98 Å². The van der Waals surface area contributed by atoms with E-state index in [2.05, 4.69) is 6.58 Å². The first kappa shape index (κ1) is 20.1. The topological polar surface area (TPSA) is 70.4 Å². The third kappa shape index (κ3) is 3.15. The Hall–Kier alpha value is -3.18. The molecule has 0 radical (unpaired) electrons. The summed E-state index contributed by atoms with van der Waals surface area (Å²) in [6, 6.07) is 10.1. The van der Waals surface area contributed by atoms with Crippen molar-refractivity contribution in [2.45, 2.75) is 32.1 Å². The van der Waals surface area contributed by atoms with Gasteiger partial charge in [-0.05, 0) is 54.6 Å². The monoisotopic (exact) mass is 417 g/mol. The Bertz CT molecular complexity index is 1150. The molecule has 0 unspecified atom stereocenters. The van der Waals surface area contributed by atoms with Gasteiger partial charge >= 0.3 is 5.97 Å². The fourth-order valence-corrected chi connectivity index (χ4v) is 4.72. The highest BCUT2D eigenvalue weighted by atomic mass is 32.1. The van der Waals surface area contributed by atoms with Crippen molar-refractivity contribution in [3.8, 4) is 5.75 Å². The molecule has 152 valence electrons. The number of hydrogen-bond acceptors (Lipinski definition) is 4. The minimum Gasteiger partial charge on any atom is -0.505 e. The third-order valence-corrected chi connectivity index (χ3v) is 6.49. The van der Waals surface area contributed by atoms with Crippen molar-refractivity contribution in [1.82, 2.24) is 4.98 Å². The first-order valence-electron chi connectivity index (χ1n) is 9.82. The van der Waals surface area contributed by atoms with Crippen molar-refractivity contribution in [1.29, 1.82) is 0 Å². The zero-order valence-electron chi connectivity index (χ0n) is 17.0. The first-order chi connectivity index (χ1) is 14.4. The zero-order chi connectivity index (χ0) is 21.5. The molecule has 3 aromatic rings. The van der Waals surface area contributed by atoms with Crippen LogP contribution in [0.25, 0.3) is 11.6 Å². The predicted molar refractivity (Wildman–Crippen MR) is 121 cm³/mol. The van der Waals surface area contributed by atoms with E-state index in [0.717, 1.165) is 35.1 Å². The molecule has 1 aromatic carbocycles. The number of aromatic nitrogens is 1. The maximum atomic E-state index is 12.2. The molecule has 0 atom stereocenters. The summed E-state index contributed by atoms with van der Waals surface area (Å²) >= 11 is 1.57. The number of rotatable bonds is 6. The average Bonchev–Trinajstić information content (AvgIpc) is 3.35. The van der Waals surface area contributed by atoms with Crippen LogP contribution >= 0.6 is 11.3 Å². The van der Waals surface area contributed by atoms with E-state index in [0.29, 0.717) is 17.0 Å². The Morgan fingerprint density at radius 1 is 1.23 bits per heavy atom. The molecule has 1 aliphatic carbocycles. The van der Waals surface area contributed by atoms with Crippen LogP contribution in [0.1, 0.15) is 63.8 Å². The van der Waals surface area contributed by atoms with E-state index in [-0.39, 0.29) is 11.3 Å². The lowest BCUT2D eigenvalue weighted by molar-refractivity contribution is 0.0693. The fourth-order valence-electron chi connectivity index (χ4n) is 4.06. The average molecular weight is 418 g/mol. The van der Waals surface area contributed by atoms with Crippen molar-refractivity contribution in [2.75, 3.05) is 0 Å². The highest BCUT2D eigenvalue weighted by molar-refractivity contribution is 7.08. The molecular formula is C25H23NO3S. The van der Waals surface area contributed by atoms with Gasteiger partial charge in [-0.3, -0.25) is 0 Å². The van der Waals surface area contributed by atoms with Gasteiger partial charge in [0.15, 0.2) is 5.75 Å². The fraction of sp³-hybridized carbons (Fsp3) is 0.200. The van der Waals surface area contributed by atoms with Gasteiger partial charge in [-0.25, -0.2) is 9.78 Å². The van der Waals surface area contributed by atoms with Crippen molar-refractivity contribution in [2.24, 2.45) is 0 Å². The number of carbonyl (C=O) groups is 1. The SMILES string of the molecule is C=Cc1c(/C(=C\C)c2ccsc2)nc(C2(c3ccc(C)cc3)CC2)c(O)c1C(=O)O. The maximum Gasteiger partial charge on any atom is 0.340 e. The van der Waals surface area contributed by atoms with E-state index in [1.54, 1.807) is 11.3 Å². The second kappa shape index (κ2) is 7.58. The predicted octanol–water partition coefficient (Wildman–Crippen LogP) is 6.03. The Balaban J connectivity index is 2.01. The van der Waals surface area contributed by atoms with Gasteiger partial charge in [-0.1, -0.05) is 48.6 Å². The molecule has 1 aliphatic rings. The maximum absolute atomic E-state index is 12.2. The lowest BCUT2D eigenvalue weighted by Gasteiger charge is -2.22. The number of thiophene rings is 1. The van der Waals surface area contributed by atoms with Crippen LogP contribution in [0.4, 0.5) is 0 Å². The van der Waals surface area contributed by atoms with Crippen LogP contribution in [-0.2, 0) is 5.41 Å². The van der Waals surface area contributed by atoms with E-state index in [1.165, 1.54) is 6.08 Å². The lowest BCUT2D eigenvalue weighted by atomic mass is 9.87. The number of allylic oxidation sites excluding steroid dienone is 1. The van der Waals surface area contributed by atoms with Crippen LogP contribution in [0.3, 0.4) is 0 Å². The Labute approximate surface area is 179 Å². The van der Waals surface area contributed by atoms with Gasteiger partial charge < -0.3 is 10.2 Å². The molecule has 0 aliphatic heterocycles. The molecular weight excluding hydrogens is 394 g/mol. The highest BCUT2D eigenvalue weighted by Gasteiger charge is 2.50. The molecule has 1 fully saturated rings. The summed E-state index contributed by atoms with van der Waals surface area (Å²) in [4.78, 5) is 17.1. The molecule has 2 N–H and O–H groups in total. The number of carboxylic acids is 1. The summed E-state index contributed by atoms with van der Waals surface area (Å²) in [7, 11) is 0. The van der Waals surface area contributed by atoms with Crippen LogP contribution in [0, 0.1) is 6.92 Å². The van der Waals surface area contributed by atoms with Gasteiger partial charge in [0.05, 0.1) is 11.4 Å². The summed E-state index contributed by atoms with van der Waals surface area (Å²) in [6.45, 7) is 7.74. The summed E-state index contributed by atoms with van der Waals surface area (Å²) in [5.41, 5.74) is 4.68. The smallest absolute Gasteiger partial charge is 0.340 e. The minimum atomic E-state index is -1.19. The van der Waals surface area contributed by atoms with Crippen LogP contribution in [-0.4, -0.2) is 21.2 Å². The minimum absolute atomic E-state index is 0.141. The number of carboxylic acid groups (broad SMARTS) is 1. The van der Waals surface area contributed by atoms with Gasteiger partial charge in [0.25, 0.3) is 0 Å². The van der Waals surface area contributed by atoms with E-state index >= 15 is 0 Å². The first-order valence-corrected chi connectivity index (χ1v) is 10.8. The molecule has 0 amide bonds. The van der Waals surface area contributed by atoms with E-state index in [1.807, 2.05) is 61.0 Å². The molecule has 0 spiro atoms. The van der Waals surface area contributed by atoms with Crippen LogP contribution < -0.4 is 0 Å². The molecule has 0 saturated heterocycles. The van der Waals surface area contributed by atoms with Gasteiger partial charge in [-0.2, -0.15) is 11.3 Å².